The number of aromatic amines is 1. The van der Waals surface area contributed by atoms with Gasteiger partial charge in [-0.1, -0.05) is 42.5 Å². The first-order chi connectivity index (χ1) is 11.2. The lowest BCUT2D eigenvalue weighted by Crippen LogP contribution is -2.05. The molecular weight excluding hydrogens is 290 g/mol. The van der Waals surface area contributed by atoms with E-state index in [1.165, 1.54) is 0 Å². The lowest BCUT2D eigenvalue weighted by Gasteiger charge is -2.02. The summed E-state index contributed by atoms with van der Waals surface area (Å²) in [6.45, 7) is 2.05. The topological polar surface area (TPSA) is 59.2 Å². The monoisotopic (exact) mass is 307 g/mol. The Labute approximate surface area is 134 Å². The van der Waals surface area contributed by atoms with E-state index in [2.05, 4.69) is 4.98 Å². The molecule has 1 aromatic heterocycles. The molecule has 0 atom stereocenters. The van der Waals surface area contributed by atoms with Crippen molar-refractivity contribution in [2.75, 3.05) is 6.61 Å². The number of carbonyl (C=O) groups excluding carboxylic acids is 2. The summed E-state index contributed by atoms with van der Waals surface area (Å²) in [4.78, 5) is 26.8. The Morgan fingerprint density at radius 1 is 1.04 bits per heavy atom. The average molecular weight is 307 g/mol. The van der Waals surface area contributed by atoms with E-state index in [-0.39, 0.29) is 5.78 Å². The average Bonchev–Trinajstić information content (AvgIpc) is 3.05. The van der Waals surface area contributed by atoms with Crippen LogP contribution in [-0.2, 0) is 11.2 Å². The van der Waals surface area contributed by atoms with Crippen LogP contribution in [0.15, 0.2) is 54.7 Å². The van der Waals surface area contributed by atoms with E-state index in [1.54, 1.807) is 19.2 Å². The Kier molecular flexibility index (Phi) is 4.24. The predicted octanol–water partition coefficient (Wildman–Crippen LogP) is 3.77. The SMILES string of the molecule is CCOC(=O)c1cc(C(=O)Cc2ccc3ccccc3c2)c[nH]1. The molecule has 0 aliphatic rings. The van der Waals surface area contributed by atoms with Crippen LogP contribution in [0, 0.1) is 0 Å². The predicted molar refractivity (Wildman–Crippen MR) is 88.7 cm³/mol. The minimum Gasteiger partial charge on any atom is -0.461 e. The number of rotatable bonds is 5. The highest BCUT2D eigenvalue weighted by Crippen LogP contribution is 2.17. The molecular formula is C19H17NO3. The summed E-state index contributed by atoms with van der Waals surface area (Å²) in [6, 6.07) is 15.6. The Morgan fingerprint density at radius 2 is 1.83 bits per heavy atom. The van der Waals surface area contributed by atoms with Crippen LogP contribution in [0.2, 0.25) is 0 Å². The molecule has 0 spiro atoms. The third-order valence-electron chi connectivity index (χ3n) is 3.68. The van der Waals surface area contributed by atoms with Crippen molar-refractivity contribution < 1.29 is 14.3 Å². The summed E-state index contributed by atoms with van der Waals surface area (Å²) in [7, 11) is 0. The van der Waals surface area contributed by atoms with Crippen molar-refractivity contribution in [1.82, 2.24) is 4.98 Å². The minimum absolute atomic E-state index is 0.0351. The highest BCUT2D eigenvalue weighted by Gasteiger charge is 2.14. The lowest BCUT2D eigenvalue weighted by atomic mass is 10.0. The first kappa shape index (κ1) is 15.0. The van der Waals surface area contributed by atoms with Gasteiger partial charge in [0.2, 0.25) is 0 Å². The first-order valence-electron chi connectivity index (χ1n) is 7.54. The molecule has 116 valence electrons. The fourth-order valence-corrected chi connectivity index (χ4v) is 2.52. The molecule has 4 nitrogen and oxygen atoms in total. The zero-order chi connectivity index (χ0) is 16.2. The maximum Gasteiger partial charge on any atom is 0.354 e. The minimum atomic E-state index is -0.447. The van der Waals surface area contributed by atoms with Crippen molar-refractivity contribution in [2.24, 2.45) is 0 Å². The number of ketones is 1. The molecule has 0 amide bonds. The summed E-state index contributed by atoms with van der Waals surface area (Å²) in [5.74, 6) is -0.482. The molecule has 0 unspecified atom stereocenters. The van der Waals surface area contributed by atoms with Crippen LogP contribution < -0.4 is 0 Å². The zero-order valence-electron chi connectivity index (χ0n) is 12.8. The maximum absolute atomic E-state index is 12.4. The van der Waals surface area contributed by atoms with Gasteiger partial charge in [0.25, 0.3) is 0 Å². The molecule has 4 heteroatoms. The summed E-state index contributed by atoms with van der Waals surface area (Å²) in [6.07, 6.45) is 1.85. The van der Waals surface area contributed by atoms with Gasteiger partial charge >= 0.3 is 5.97 Å². The number of Topliss-reactive ketones (excluding diaryl/α,β-unsaturated/α-hetero) is 1. The summed E-state index contributed by atoms with van der Waals surface area (Å²) >= 11 is 0. The molecule has 0 aliphatic carbocycles. The van der Waals surface area contributed by atoms with E-state index in [4.69, 9.17) is 4.74 Å². The van der Waals surface area contributed by atoms with Gasteiger partial charge in [0, 0.05) is 18.2 Å². The number of aromatic nitrogens is 1. The Balaban J connectivity index is 1.76. The van der Waals surface area contributed by atoms with E-state index in [1.807, 2.05) is 42.5 Å². The molecule has 0 fully saturated rings. The Hall–Kier alpha value is -2.88. The number of fused-ring (bicyclic) bond motifs is 1. The second-order valence-electron chi connectivity index (χ2n) is 5.30. The molecule has 0 saturated heterocycles. The molecule has 1 heterocycles. The van der Waals surface area contributed by atoms with E-state index in [0.717, 1.165) is 16.3 Å². The third kappa shape index (κ3) is 3.31. The van der Waals surface area contributed by atoms with Gasteiger partial charge in [-0.05, 0) is 29.3 Å². The van der Waals surface area contributed by atoms with Crippen molar-refractivity contribution in [3.8, 4) is 0 Å². The van der Waals surface area contributed by atoms with Gasteiger partial charge in [-0.25, -0.2) is 4.79 Å². The van der Waals surface area contributed by atoms with Gasteiger partial charge in [-0.3, -0.25) is 4.79 Å². The second kappa shape index (κ2) is 6.48. The van der Waals surface area contributed by atoms with Crippen LogP contribution in [0.1, 0.15) is 33.3 Å². The van der Waals surface area contributed by atoms with Crippen molar-refractivity contribution >= 4 is 22.5 Å². The molecule has 2 aromatic carbocycles. The number of hydrogen-bond acceptors (Lipinski definition) is 3. The molecule has 3 aromatic rings. The normalized spacial score (nSPS) is 10.7. The second-order valence-corrected chi connectivity index (χ2v) is 5.30. The largest absolute Gasteiger partial charge is 0.461 e. The zero-order valence-corrected chi connectivity index (χ0v) is 12.8. The molecule has 1 N–H and O–H groups in total. The number of esters is 1. The maximum atomic E-state index is 12.4. The first-order valence-corrected chi connectivity index (χ1v) is 7.54. The summed E-state index contributed by atoms with van der Waals surface area (Å²) in [5.41, 5.74) is 1.74. The number of ether oxygens (including phenoxy) is 1. The molecule has 3 rings (SSSR count). The fourth-order valence-electron chi connectivity index (χ4n) is 2.52. The van der Waals surface area contributed by atoms with Crippen molar-refractivity contribution in [1.29, 1.82) is 0 Å². The van der Waals surface area contributed by atoms with E-state index in [0.29, 0.717) is 24.3 Å². The number of nitrogens with one attached hydrogen (secondary N) is 1. The molecule has 0 saturated carbocycles. The number of carbonyl (C=O) groups is 2. The number of benzene rings is 2. The smallest absolute Gasteiger partial charge is 0.354 e. The van der Waals surface area contributed by atoms with Crippen LogP contribution >= 0.6 is 0 Å². The Bertz CT molecular complexity index is 864. The highest BCUT2D eigenvalue weighted by molar-refractivity contribution is 6.00. The Morgan fingerprint density at radius 3 is 2.61 bits per heavy atom. The van der Waals surface area contributed by atoms with Crippen LogP contribution in [-0.4, -0.2) is 23.3 Å². The van der Waals surface area contributed by atoms with Gasteiger partial charge in [-0.2, -0.15) is 0 Å². The highest BCUT2D eigenvalue weighted by atomic mass is 16.5. The molecule has 0 radical (unpaired) electrons. The van der Waals surface area contributed by atoms with Crippen molar-refractivity contribution in [3.05, 3.63) is 71.5 Å². The molecule has 23 heavy (non-hydrogen) atoms. The number of H-pyrrole nitrogens is 1. The van der Waals surface area contributed by atoms with Crippen LogP contribution in [0.4, 0.5) is 0 Å². The quantitative estimate of drug-likeness (QED) is 0.576. The van der Waals surface area contributed by atoms with E-state index >= 15 is 0 Å². The van der Waals surface area contributed by atoms with Gasteiger partial charge in [-0.15, -0.1) is 0 Å². The van der Waals surface area contributed by atoms with E-state index < -0.39 is 5.97 Å². The fraction of sp³-hybridized carbons (Fsp3) is 0.158. The summed E-state index contributed by atoms with van der Waals surface area (Å²) in [5, 5.41) is 2.26. The summed E-state index contributed by atoms with van der Waals surface area (Å²) < 4.78 is 4.91. The van der Waals surface area contributed by atoms with Crippen molar-refractivity contribution in [3.63, 3.8) is 0 Å². The molecule has 0 bridgehead atoms. The molecule has 0 aliphatic heterocycles. The van der Waals surface area contributed by atoms with Gasteiger partial charge in [0.05, 0.1) is 6.61 Å². The third-order valence-corrected chi connectivity index (χ3v) is 3.68. The van der Waals surface area contributed by atoms with Gasteiger partial charge in [0.15, 0.2) is 5.78 Å². The van der Waals surface area contributed by atoms with Crippen LogP contribution in [0.5, 0.6) is 0 Å². The van der Waals surface area contributed by atoms with Crippen LogP contribution in [0.3, 0.4) is 0 Å². The number of hydrogen-bond donors (Lipinski definition) is 1. The van der Waals surface area contributed by atoms with Gasteiger partial charge < -0.3 is 9.72 Å². The van der Waals surface area contributed by atoms with Gasteiger partial charge in [0.1, 0.15) is 5.69 Å². The van der Waals surface area contributed by atoms with E-state index in [9.17, 15) is 9.59 Å². The lowest BCUT2D eigenvalue weighted by molar-refractivity contribution is 0.0520. The van der Waals surface area contributed by atoms with Crippen LogP contribution in [0.25, 0.3) is 10.8 Å². The van der Waals surface area contributed by atoms with Crippen molar-refractivity contribution in [2.45, 2.75) is 13.3 Å². The standard InChI is InChI=1S/C19H17NO3/c1-2-23-19(22)17-11-16(12-20-17)18(21)10-13-7-8-14-5-3-4-6-15(14)9-13/h3-9,11-12,20H,2,10H2,1H3.